The molecule has 0 aromatic carbocycles. The lowest BCUT2D eigenvalue weighted by Crippen LogP contribution is -2.06. The predicted octanol–water partition coefficient (Wildman–Crippen LogP) is 3.70. The van der Waals surface area contributed by atoms with Gasteiger partial charge in [-0.2, -0.15) is 0 Å². The van der Waals surface area contributed by atoms with Gasteiger partial charge in [-0.1, -0.05) is 58.3 Å². The van der Waals surface area contributed by atoms with Crippen LogP contribution in [0.1, 0.15) is 71.1 Å². The quantitative estimate of drug-likeness (QED) is 0.401. The molecule has 0 atom stereocenters. The third-order valence-corrected chi connectivity index (χ3v) is 3.73. The van der Waals surface area contributed by atoms with Gasteiger partial charge in [0, 0.05) is 6.42 Å². The molecular formula is C13H27O4PS. The lowest BCUT2D eigenvalue weighted by atomic mass is 10.1. The zero-order valence-corrected chi connectivity index (χ0v) is 13.6. The molecule has 0 amide bonds. The van der Waals surface area contributed by atoms with E-state index in [1.807, 2.05) is 0 Å². The highest BCUT2D eigenvalue weighted by molar-refractivity contribution is 8.06. The molecule has 0 saturated carbocycles. The SMILES string of the molecule is CCCCCCCCCCCC(=O)COP(O)(O)=S. The number of rotatable bonds is 13. The van der Waals surface area contributed by atoms with Crippen LogP contribution in [0.3, 0.4) is 0 Å². The molecule has 114 valence electrons. The van der Waals surface area contributed by atoms with Gasteiger partial charge in [-0.25, -0.2) is 0 Å². The second kappa shape index (κ2) is 12.0. The second-order valence-electron chi connectivity index (χ2n) is 4.88. The van der Waals surface area contributed by atoms with E-state index in [2.05, 4.69) is 23.3 Å². The molecule has 2 N–H and O–H groups in total. The number of hydrogen-bond donors (Lipinski definition) is 2. The molecule has 0 bridgehead atoms. The average Bonchev–Trinajstić information content (AvgIpc) is 2.33. The molecule has 0 fully saturated rings. The van der Waals surface area contributed by atoms with Gasteiger partial charge in [-0.05, 0) is 18.2 Å². The Morgan fingerprint density at radius 3 is 1.95 bits per heavy atom. The van der Waals surface area contributed by atoms with Crippen LogP contribution in [-0.4, -0.2) is 22.2 Å². The third kappa shape index (κ3) is 16.1. The van der Waals surface area contributed by atoms with Crippen molar-refractivity contribution in [3.8, 4) is 0 Å². The fraction of sp³-hybridized carbons (Fsp3) is 0.923. The van der Waals surface area contributed by atoms with E-state index >= 15 is 0 Å². The van der Waals surface area contributed by atoms with Crippen molar-refractivity contribution in [2.24, 2.45) is 0 Å². The minimum atomic E-state index is -3.67. The van der Waals surface area contributed by atoms with Gasteiger partial charge in [-0.15, -0.1) is 0 Å². The first-order valence-electron chi connectivity index (χ1n) is 7.17. The molecular weight excluding hydrogens is 283 g/mol. The summed E-state index contributed by atoms with van der Waals surface area (Å²) in [6.07, 6.45) is 11.3. The summed E-state index contributed by atoms with van der Waals surface area (Å²) in [5, 5.41) is 0. The fourth-order valence-electron chi connectivity index (χ4n) is 1.86. The number of carbonyl (C=O) groups is 1. The van der Waals surface area contributed by atoms with Gasteiger partial charge in [0.15, 0.2) is 5.78 Å². The van der Waals surface area contributed by atoms with Gasteiger partial charge in [0.05, 0.1) is 0 Å². The molecule has 0 saturated heterocycles. The van der Waals surface area contributed by atoms with Crippen molar-refractivity contribution >= 4 is 24.3 Å². The molecule has 4 nitrogen and oxygen atoms in total. The molecule has 0 aliphatic rings. The van der Waals surface area contributed by atoms with Gasteiger partial charge in [0.25, 0.3) is 0 Å². The molecule has 0 spiro atoms. The Morgan fingerprint density at radius 1 is 1.00 bits per heavy atom. The van der Waals surface area contributed by atoms with Crippen molar-refractivity contribution in [3.05, 3.63) is 0 Å². The van der Waals surface area contributed by atoms with Crippen molar-refractivity contribution in [3.63, 3.8) is 0 Å². The molecule has 0 heterocycles. The first-order valence-corrected chi connectivity index (χ1v) is 9.80. The lowest BCUT2D eigenvalue weighted by molar-refractivity contribution is -0.121. The van der Waals surface area contributed by atoms with Gasteiger partial charge < -0.3 is 14.3 Å². The van der Waals surface area contributed by atoms with E-state index in [0.29, 0.717) is 6.42 Å². The molecule has 19 heavy (non-hydrogen) atoms. The summed E-state index contributed by atoms with van der Waals surface area (Å²) >= 11 is 4.26. The number of ketones is 1. The largest absolute Gasteiger partial charge is 0.325 e. The summed E-state index contributed by atoms with van der Waals surface area (Å²) in [4.78, 5) is 28.9. The maximum absolute atomic E-state index is 11.3. The highest BCUT2D eigenvalue weighted by Gasteiger charge is 2.11. The van der Waals surface area contributed by atoms with E-state index in [9.17, 15) is 4.79 Å². The van der Waals surface area contributed by atoms with Crippen LogP contribution < -0.4 is 0 Å². The summed E-state index contributed by atoms with van der Waals surface area (Å²) in [6.45, 7) is -1.73. The highest BCUT2D eigenvalue weighted by Crippen LogP contribution is 2.36. The molecule has 0 aliphatic heterocycles. The monoisotopic (exact) mass is 310 g/mol. The molecule has 0 aliphatic carbocycles. The summed E-state index contributed by atoms with van der Waals surface area (Å²) < 4.78 is 4.51. The standard InChI is InChI=1S/C13H27O4PS/c1-2-3-4-5-6-7-8-9-10-11-13(14)12-17-18(15,16)19/h2-12H2,1H3,(H2,15,16,19). The lowest BCUT2D eigenvalue weighted by Gasteiger charge is -2.07. The molecule has 6 heteroatoms. The summed E-state index contributed by atoms with van der Waals surface area (Å²) in [7, 11) is 0. The van der Waals surface area contributed by atoms with Crippen molar-refractivity contribution < 1.29 is 19.1 Å². The Labute approximate surface area is 121 Å². The Bertz CT molecular complexity index is 278. The molecule has 0 radical (unpaired) electrons. The number of unbranched alkanes of at least 4 members (excludes halogenated alkanes) is 8. The van der Waals surface area contributed by atoms with Crippen LogP contribution in [0.2, 0.25) is 0 Å². The maximum Gasteiger partial charge on any atom is 0.322 e. The van der Waals surface area contributed by atoms with E-state index in [1.165, 1.54) is 38.5 Å². The molecule has 0 aromatic heterocycles. The van der Waals surface area contributed by atoms with Crippen molar-refractivity contribution in [1.82, 2.24) is 0 Å². The fourth-order valence-corrected chi connectivity index (χ4v) is 2.33. The van der Waals surface area contributed by atoms with Crippen LogP contribution in [0.25, 0.3) is 0 Å². The van der Waals surface area contributed by atoms with E-state index in [4.69, 9.17) is 9.79 Å². The Kier molecular flexibility index (Phi) is 12.1. The van der Waals surface area contributed by atoms with Crippen LogP contribution in [0.4, 0.5) is 0 Å². The van der Waals surface area contributed by atoms with Gasteiger partial charge in [-0.3, -0.25) is 4.79 Å². The van der Waals surface area contributed by atoms with Gasteiger partial charge in [0.1, 0.15) is 6.61 Å². The van der Waals surface area contributed by atoms with Crippen LogP contribution in [-0.2, 0) is 21.1 Å². The van der Waals surface area contributed by atoms with Gasteiger partial charge in [0.2, 0.25) is 0 Å². The van der Waals surface area contributed by atoms with Crippen LogP contribution >= 0.6 is 6.72 Å². The molecule has 0 rings (SSSR count). The van der Waals surface area contributed by atoms with Crippen LogP contribution in [0.15, 0.2) is 0 Å². The zero-order chi connectivity index (χ0) is 14.6. The molecule has 0 unspecified atom stereocenters. The summed E-state index contributed by atoms with van der Waals surface area (Å²) in [6, 6.07) is 0. The van der Waals surface area contributed by atoms with Crippen molar-refractivity contribution in [1.29, 1.82) is 0 Å². The maximum atomic E-state index is 11.3. The van der Waals surface area contributed by atoms with Crippen LogP contribution in [0.5, 0.6) is 0 Å². The van der Waals surface area contributed by atoms with Crippen molar-refractivity contribution in [2.75, 3.05) is 6.61 Å². The van der Waals surface area contributed by atoms with Crippen LogP contribution in [0, 0.1) is 0 Å². The highest BCUT2D eigenvalue weighted by atomic mass is 32.5. The van der Waals surface area contributed by atoms with E-state index in [0.717, 1.165) is 19.3 Å². The van der Waals surface area contributed by atoms with Crippen molar-refractivity contribution in [2.45, 2.75) is 71.1 Å². The average molecular weight is 310 g/mol. The minimum absolute atomic E-state index is 0.111. The number of hydrogen-bond acceptors (Lipinski definition) is 3. The summed E-state index contributed by atoms with van der Waals surface area (Å²) in [5.41, 5.74) is 0. The summed E-state index contributed by atoms with van der Waals surface area (Å²) in [5.74, 6) is -0.111. The Balaban J connectivity index is 3.25. The minimum Gasteiger partial charge on any atom is -0.325 e. The smallest absolute Gasteiger partial charge is 0.322 e. The number of carbonyl (C=O) groups excluding carboxylic acids is 1. The third-order valence-electron chi connectivity index (χ3n) is 2.95. The second-order valence-corrected chi connectivity index (χ2v) is 7.55. The molecule has 0 aromatic rings. The number of Topliss-reactive ketones (excluding diaryl/α,β-unsaturated/α-hetero) is 1. The zero-order valence-electron chi connectivity index (χ0n) is 11.8. The first-order chi connectivity index (χ1) is 8.95. The van der Waals surface area contributed by atoms with Gasteiger partial charge >= 0.3 is 6.72 Å². The van der Waals surface area contributed by atoms with E-state index in [1.54, 1.807) is 0 Å². The Morgan fingerprint density at radius 2 is 1.47 bits per heavy atom. The topological polar surface area (TPSA) is 66.8 Å². The predicted molar refractivity (Wildman–Crippen MR) is 81.5 cm³/mol. The first kappa shape index (κ1) is 19.2. The normalized spacial score (nSPS) is 11.7. The van der Waals surface area contributed by atoms with E-state index < -0.39 is 6.72 Å². The Hall–Kier alpha value is 0.200. The van der Waals surface area contributed by atoms with E-state index in [-0.39, 0.29) is 12.4 Å².